The third-order valence-electron chi connectivity index (χ3n) is 4.45. The lowest BCUT2D eigenvalue weighted by atomic mass is 9.90. The van der Waals surface area contributed by atoms with Gasteiger partial charge in [-0.15, -0.1) is 0 Å². The monoisotopic (exact) mass is 245 g/mol. The summed E-state index contributed by atoms with van der Waals surface area (Å²) in [6, 6.07) is 7.32. The van der Waals surface area contributed by atoms with Gasteiger partial charge in [-0.1, -0.05) is 23.8 Å². The highest BCUT2D eigenvalue weighted by molar-refractivity contribution is 5.32. The van der Waals surface area contributed by atoms with E-state index in [0.29, 0.717) is 0 Å². The minimum Gasteiger partial charge on any atom is -0.388 e. The molecule has 1 unspecified atom stereocenters. The number of β-amino-alcohol motifs (C(OH)–C–C–N with tert-alkyl or cyclic N) is 1. The van der Waals surface area contributed by atoms with E-state index in [-0.39, 0.29) is 0 Å². The van der Waals surface area contributed by atoms with Crippen molar-refractivity contribution in [1.29, 1.82) is 0 Å². The summed E-state index contributed by atoms with van der Waals surface area (Å²) in [6.07, 6.45) is 4.40. The van der Waals surface area contributed by atoms with Crippen molar-refractivity contribution in [2.24, 2.45) is 0 Å². The zero-order valence-corrected chi connectivity index (χ0v) is 11.4. The van der Waals surface area contributed by atoms with Crippen LogP contribution in [0.4, 0.5) is 0 Å². The maximum atomic E-state index is 10.8. The van der Waals surface area contributed by atoms with Crippen molar-refractivity contribution in [2.75, 3.05) is 13.1 Å². The van der Waals surface area contributed by atoms with Gasteiger partial charge in [0.15, 0.2) is 0 Å². The molecule has 0 radical (unpaired) electrons. The summed E-state index contributed by atoms with van der Waals surface area (Å²) in [5, 5.41) is 10.8. The summed E-state index contributed by atoms with van der Waals surface area (Å²) in [5.74, 6) is 0. The Morgan fingerprint density at radius 2 is 2.11 bits per heavy atom. The molecule has 1 saturated heterocycles. The molecule has 2 aliphatic rings. The van der Waals surface area contributed by atoms with Crippen molar-refractivity contribution in [1.82, 2.24) is 4.90 Å². The van der Waals surface area contributed by atoms with Crippen LogP contribution < -0.4 is 0 Å². The van der Waals surface area contributed by atoms with Crippen LogP contribution in [-0.2, 0) is 6.42 Å². The van der Waals surface area contributed by atoms with E-state index in [1.807, 2.05) is 0 Å². The van der Waals surface area contributed by atoms with E-state index in [1.165, 1.54) is 29.5 Å². The van der Waals surface area contributed by atoms with E-state index in [4.69, 9.17) is 0 Å². The minimum absolute atomic E-state index is 0.499. The Kier molecular flexibility index (Phi) is 2.95. The van der Waals surface area contributed by atoms with Crippen LogP contribution in [-0.4, -0.2) is 34.7 Å². The highest BCUT2D eigenvalue weighted by Crippen LogP contribution is 2.35. The van der Waals surface area contributed by atoms with Gasteiger partial charge in [-0.2, -0.15) is 0 Å². The Hall–Kier alpha value is -0.860. The predicted octanol–water partition coefficient (Wildman–Crippen LogP) is 2.45. The quantitative estimate of drug-likeness (QED) is 0.884. The second kappa shape index (κ2) is 4.36. The first-order valence-electron chi connectivity index (χ1n) is 7.08. The molecule has 2 fully saturated rings. The van der Waals surface area contributed by atoms with Gasteiger partial charge in [0, 0.05) is 25.6 Å². The first-order chi connectivity index (χ1) is 8.56. The second-order valence-corrected chi connectivity index (χ2v) is 6.28. The van der Waals surface area contributed by atoms with E-state index >= 15 is 0 Å². The largest absolute Gasteiger partial charge is 0.388 e. The third-order valence-corrected chi connectivity index (χ3v) is 4.45. The average molecular weight is 245 g/mol. The van der Waals surface area contributed by atoms with Crippen molar-refractivity contribution in [3.8, 4) is 0 Å². The summed E-state index contributed by atoms with van der Waals surface area (Å²) in [5.41, 5.74) is 3.41. The molecule has 0 spiro atoms. The molecular formula is C16H23NO. The Bertz CT molecular complexity index is 452. The van der Waals surface area contributed by atoms with E-state index < -0.39 is 5.60 Å². The van der Waals surface area contributed by atoms with Gasteiger partial charge in [-0.25, -0.2) is 0 Å². The molecule has 18 heavy (non-hydrogen) atoms. The highest BCUT2D eigenvalue weighted by Gasteiger charge is 2.41. The van der Waals surface area contributed by atoms with Gasteiger partial charge in [0.2, 0.25) is 0 Å². The lowest BCUT2D eigenvalue weighted by molar-refractivity contribution is 0.0486. The fourth-order valence-electron chi connectivity index (χ4n) is 3.13. The van der Waals surface area contributed by atoms with Crippen LogP contribution in [0, 0.1) is 13.8 Å². The fourth-order valence-corrected chi connectivity index (χ4v) is 3.13. The van der Waals surface area contributed by atoms with E-state index in [0.717, 1.165) is 32.0 Å². The molecule has 98 valence electrons. The molecule has 0 aromatic heterocycles. The molecule has 2 nitrogen and oxygen atoms in total. The molecule has 0 amide bonds. The number of aryl methyl sites for hydroxylation is 2. The van der Waals surface area contributed by atoms with Gasteiger partial charge < -0.3 is 5.11 Å². The third kappa shape index (κ3) is 2.45. The van der Waals surface area contributed by atoms with Crippen molar-refractivity contribution in [2.45, 2.75) is 51.2 Å². The molecule has 0 bridgehead atoms. The van der Waals surface area contributed by atoms with E-state index in [1.54, 1.807) is 0 Å². The lowest BCUT2D eigenvalue weighted by Gasteiger charge is -2.24. The van der Waals surface area contributed by atoms with E-state index in [9.17, 15) is 5.11 Å². The number of likely N-dealkylation sites (tertiary alicyclic amines) is 1. The zero-order chi connectivity index (χ0) is 12.8. The Morgan fingerprint density at radius 1 is 1.33 bits per heavy atom. The summed E-state index contributed by atoms with van der Waals surface area (Å²) < 4.78 is 0. The summed E-state index contributed by atoms with van der Waals surface area (Å²) in [4.78, 5) is 2.48. The van der Waals surface area contributed by atoms with Crippen LogP contribution in [0.5, 0.6) is 0 Å². The number of aliphatic hydroxyl groups is 1. The molecular weight excluding hydrogens is 222 g/mol. The highest BCUT2D eigenvalue weighted by atomic mass is 16.3. The normalized spacial score (nSPS) is 28.8. The van der Waals surface area contributed by atoms with Crippen LogP contribution in [0.1, 0.15) is 36.0 Å². The van der Waals surface area contributed by atoms with Crippen LogP contribution >= 0.6 is 0 Å². The van der Waals surface area contributed by atoms with Gasteiger partial charge >= 0.3 is 0 Å². The minimum atomic E-state index is -0.499. The number of rotatable bonds is 3. The SMILES string of the molecule is Cc1ccc(C)c(CC2(O)CCN(C3CC3)C2)c1. The topological polar surface area (TPSA) is 23.5 Å². The van der Waals surface area contributed by atoms with Crippen molar-refractivity contribution in [3.05, 3.63) is 34.9 Å². The zero-order valence-electron chi connectivity index (χ0n) is 11.4. The molecule has 1 aliphatic carbocycles. The Balaban J connectivity index is 1.73. The summed E-state index contributed by atoms with van der Waals surface area (Å²) in [7, 11) is 0. The maximum Gasteiger partial charge on any atom is 0.0826 e. The second-order valence-electron chi connectivity index (χ2n) is 6.28. The van der Waals surface area contributed by atoms with E-state index in [2.05, 4.69) is 36.9 Å². The van der Waals surface area contributed by atoms with Crippen LogP contribution in [0.2, 0.25) is 0 Å². The van der Waals surface area contributed by atoms with Crippen LogP contribution in [0.25, 0.3) is 0 Å². The van der Waals surface area contributed by atoms with Gasteiger partial charge in [0.05, 0.1) is 5.60 Å². The molecule has 1 N–H and O–H groups in total. The molecule has 1 saturated carbocycles. The molecule has 1 atom stereocenters. The Labute approximate surface area is 110 Å². The smallest absolute Gasteiger partial charge is 0.0826 e. The van der Waals surface area contributed by atoms with Gasteiger partial charge in [-0.05, 0) is 44.2 Å². The number of hydrogen-bond acceptors (Lipinski definition) is 2. The average Bonchev–Trinajstić information content (AvgIpc) is 3.09. The standard InChI is InChI=1S/C16H23NO/c1-12-3-4-13(2)14(9-12)10-16(18)7-8-17(11-16)15-5-6-15/h3-4,9,15,18H,5-8,10-11H2,1-2H3. The van der Waals surface area contributed by atoms with Crippen molar-refractivity contribution >= 4 is 0 Å². The molecule has 3 rings (SSSR count). The first kappa shape index (κ1) is 12.2. The Morgan fingerprint density at radius 3 is 2.83 bits per heavy atom. The molecule has 2 heteroatoms. The van der Waals surface area contributed by atoms with Crippen molar-refractivity contribution in [3.63, 3.8) is 0 Å². The molecule has 1 aromatic carbocycles. The number of benzene rings is 1. The number of hydrogen-bond donors (Lipinski definition) is 1. The summed E-state index contributed by atoms with van der Waals surface area (Å²) in [6.45, 7) is 6.21. The van der Waals surface area contributed by atoms with Crippen LogP contribution in [0.15, 0.2) is 18.2 Å². The molecule has 1 aromatic rings. The van der Waals surface area contributed by atoms with Gasteiger partial charge in [0.1, 0.15) is 0 Å². The lowest BCUT2D eigenvalue weighted by Crippen LogP contribution is -2.36. The van der Waals surface area contributed by atoms with Gasteiger partial charge in [0.25, 0.3) is 0 Å². The predicted molar refractivity (Wildman–Crippen MR) is 73.8 cm³/mol. The van der Waals surface area contributed by atoms with Gasteiger partial charge in [-0.3, -0.25) is 4.90 Å². The van der Waals surface area contributed by atoms with Crippen molar-refractivity contribution < 1.29 is 5.11 Å². The molecule has 1 heterocycles. The number of nitrogens with zero attached hydrogens (tertiary/aromatic N) is 1. The molecule has 1 aliphatic heterocycles. The van der Waals surface area contributed by atoms with Crippen LogP contribution in [0.3, 0.4) is 0 Å². The first-order valence-corrected chi connectivity index (χ1v) is 7.08. The summed E-state index contributed by atoms with van der Waals surface area (Å²) >= 11 is 0. The fraction of sp³-hybridized carbons (Fsp3) is 0.625. The maximum absolute atomic E-state index is 10.8.